The van der Waals surface area contributed by atoms with Crippen LogP contribution in [0.3, 0.4) is 0 Å². The highest BCUT2D eigenvalue weighted by Crippen LogP contribution is 1.89. The SMILES string of the molecule is C.CCCCCNC. The van der Waals surface area contributed by atoms with Gasteiger partial charge in [-0.1, -0.05) is 27.2 Å². The van der Waals surface area contributed by atoms with Crippen LogP contribution in [0.25, 0.3) is 0 Å². The zero-order valence-corrected chi connectivity index (χ0v) is 5.33. The summed E-state index contributed by atoms with van der Waals surface area (Å²) in [4.78, 5) is 0. The summed E-state index contributed by atoms with van der Waals surface area (Å²) in [6, 6.07) is 0. The van der Waals surface area contributed by atoms with Gasteiger partial charge in [0.15, 0.2) is 0 Å². The topological polar surface area (TPSA) is 12.0 Å². The Morgan fingerprint density at radius 1 is 1.25 bits per heavy atom. The molecule has 0 unspecified atom stereocenters. The molecule has 0 aliphatic carbocycles. The molecule has 0 fully saturated rings. The highest BCUT2D eigenvalue weighted by atomic mass is 14.8. The Balaban J connectivity index is 0. The molecule has 0 bridgehead atoms. The summed E-state index contributed by atoms with van der Waals surface area (Å²) in [6.45, 7) is 3.39. The number of nitrogens with one attached hydrogen (secondary N) is 1. The van der Waals surface area contributed by atoms with E-state index in [0.29, 0.717) is 0 Å². The fourth-order valence-corrected chi connectivity index (χ4v) is 0.552. The molecule has 0 amide bonds. The van der Waals surface area contributed by atoms with Crippen LogP contribution in [0.5, 0.6) is 0 Å². The molecule has 0 rings (SSSR count). The third-order valence-corrected chi connectivity index (χ3v) is 1.03. The first kappa shape index (κ1) is 10.9. The normalized spacial score (nSPS) is 8.25. The molecular formula is C7H19N. The lowest BCUT2D eigenvalue weighted by Crippen LogP contribution is -2.06. The molecule has 0 aromatic rings. The molecule has 0 saturated heterocycles. The molecule has 8 heavy (non-hydrogen) atoms. The summed E-state index contributed by atoms with van der Waals surface area (Å²) in [5.41, 5.74) is 0. The number of hydrogen-bond donors (Lipinski definition) is 1. The average Bonchev–Trinajstić information content (AvgIpc) is 1.69. The summed E-state index contributed by atoms with van der Waals surface area (Å²) < 4.78 is 0. The van der Waals surface area contributed by atoms with Crippen LogP contribution < -0.4 is 5.32 Å². The van der Waals surface area contributed by atoms with E-state index in [9.17, 15) is 0 Å². The largest absolute Gasteiger partial charge is 0.320 e. The standard InChI is InChI=1S/C6H15N.CH4/c1-3-4-5-6-7-2;/h7H,3-6H2,1-2H3;1H4. The fraction of sp³-hybridized carbons (Fsp3) is 1.00. The van der Waals surface area contributed by atoms with Crippen molar-refractivity contribution < 1.29 is 0 Å². The van der Waals surface area contributed by atoms with Crippen molar-refractivity contribution in [1.82, 2.24) is 5.32 Å². The molecule has 0 atom stereocenters. The maximum absolute atomic E-state index is 3.10. The lowest BCUT2D eigenvalue weighted by molar-refractivity contribution is 0.667. The van der Waals surface area contributed by atoms with Crippen molar-refractivity contribution >= 4 is 0 Å². The maximum Gasteiger partial charge on any atom is -0.00519 e. The van der Waals surface area contributed by atoms with E-state index in [1.165, 1.54) is 25.8 Å². The van der Waals surface area contributed by atoms with Gasteiger partial charge in [0.25, 0.3) is 0 Å². The van der Waals surface area contributed by atoms with Crippen LogP contribution in [0.1, 0.15) is 33.6 Å². The Kier molecular flexibility index (Phi) is 13.6. The van der Waals surface area contributed by atoms with Crippen molar-refractivity contribution in [3.05, 3.63) is 0 Å². The molecule has 0 heterocycles. The maximum atomic E-state index is 3.10. The molecule has 0 aliphatic heterocycles. The molecular weight excluding hydrogens is 98.1 g/mol. The van der Waals surface area contributed by atoms with Crippen molar-refractivity contribution in [3.63, 3.8) is 0 Å². The van der Waals surface area contributed by atoms with E-state index < -0.39 is 0 Å². The van der Waals surface area contributed by atoms with Crippen molar-refractivity contribution in [1.29, 1.82) is 0 Å². The second-order valence-corrected chi connectivity index (χ2v) is 1.81. The quantitative estimate of drug-likeness (QED) is 0.555. The van der Waals surface area contributed by atoms with E-state index in [1.807, 2.05) is 7.05 Å². The van der Waals surface area contributed by atoms with Gasteiger partial charge in [0, 0.05) is 0 Å². The monoisotopic (exact) mass is 117 g/mol. The second kappa shape index (κ2) is 10.0. The molecule has 1 heteroatoms. The first-order valence-corrected chi connectivity index (χ1v) is 3.06. The minimum Gasteiger partial charge on any atom is -0.320 e. The van der Waals surface area contributed by atoms with Crippen LogP contribution >= 0.6 is 0 Å². The smallest absolute Gasteiger partial charge is 0.00519 e. The van der Waals surface area contributed by atoms with E-state index in [0.717, 1.165) is 0 Å². The van der Waals surface area contributed by atoms with E-state index in [1.54, 1.807) is 0 Å². The fourth-order valence-electron chi connectivity index (χ4n) is 0.552. The second-order valence-electron chi connectivity index (χ2n) is 1.81. The third kappa shape index (κ3) is 9.35. The Bertz CT molecular complexity index is 23.6. The van der Waals surface area contributed by atoms with Gasteiger partial charge >= 0.3 is 0 Å². The number of rotatable bonds is 4. The molecule has 0 aromatic carbocycles. The van der Waals surface area contributed by atoms with Crippen LogP contribution in [0.4, 0.5) is 0 Å². The zero-order chi connectivity index (χ0) is 5.54. The Hall–Kier alpha value is -0.0400. The molecule has 0 spiro atoms. The van der Waals surface area contributed by atoms with Gasteiger partial charge in [-0.2, -0.15) is 0 Å². The van der Waals surface area contributed by atoms with E-state index in [-0.39, 0.29) is 7.43 Å². The van der Waals surface area contributed by atoms with Gasteiger partial charge in [-0.15, -0.1) is 0 Å². The highest BCUT2D eigenvalue weighted by Gasteiger charge is 1.78. The minimum absolute atomic E-state index is 0. The van der Waals surface area contributed by atoms with Crippen LogP contribution in [-0.2, 0) is 0 Å². The van der Waals surface area contributed by atoms with Gasteiger partial charge in [0.05, 0.1) is 0 Å². The summed E-state index contributed by atoms with van der Waals surface area (Å²) in [5.74, 6) is 0. The van der Waals surface area contributed by atoms with E-state index >= 15 is 0 Å². The molecule has 1 nitrogen and oxygen atoms in total. The van der Waals surface area contributed by atoms with Gasteiger partial charge in [0.2, 0.25) is 0 Å². The van der Waals surface area contributed by atoms with Crippen LogP contribution in [0.2, 0.25) is 0 Å². The summed E-state index contributed by atoms with van der Waals surface area (Å²) >= 11 is 0. The molecule has 0 radical (unpaired) electrons. The number of hydrogen-bond acceptors (Lipinski definition) is 1. The summed E-state index contributed by atoms with van der Waals surface area (Å²) in [7, 11) is 2.00. The highest BCUT2D eigenvalue weighted by molar-refractivity contribution is 4.39. The van der Waals surface area contributed by atoms with Crippen molar-refractivity contribution in [3.8, 4) is 0 Å². The Morgan fingerprint density at radius 2 is 1.88 bits per heavy atom. The van der Waals surface area contributed by atoms with Crippen molar-refractivity contribution in [2.75, 3.05) is 13.6 Å². The lowest BCUT2D eigenvalue weighted by Gasteiger charge is -1.93. The predicted molar refractivity (Wildman–Crippen MR) is 40.2 cm³/mol. The van der Waals surface area contributed by atoms with Gasteiger partial charge in [-0.05, 0) is 20.0 Å². The van der Waals surface area contributed by atoms with Crippen molar-refractivity contribution in [2.45, 2.75) is 33.6 Å². The lowest BCUT2D eigenvalue weighted by atomic mass is 10.2. The van der Waals surface area contributed by atoms with Gasteiger partial charge in [-0.25, -0.2) is 0 Å². The molecule has 0 aromatic heterocycles. The zero-order valence-electron chi connectivity index (χ0n) is 5.33. The van der Waals surface area contributed by atoms with E-state index in [2.05, 4.69) is 12.2 Å². The summed E-state index contributed by atoms with van der Waals surface area (Å²) in [6.07, 6.45) is 4.01. The average molecular weight is 117 g/mol. The van der Waals surface area contributed by atoms with Crippen LogP contribution in [0.15, 0.2) is 0 Å². The molecule has 52 valence electrons. The Morgan fingerprint density at radius 3 is 2.25 bits per heavy atom. The number of unbranched alkanes of at least 4 members (excludes halogenated alkanes) is 2. The molecule has 1 N–H and O–H groups in total. The minimum atomic E-state index is 0. The third-order valence-electron chi connectivity index (χ3n) is 1.03. The van der Waals surface area contributed by atoms with Crippen LogP contribution in [0, 0.1) is 0 Å². The van der Waals surface area contributed by atoms with Crippen LogP contribution in [-0.4, -0.2) is 13.6 Å². The Labute approximate surface area is 53.5 Å². The van der Waals surface area contributed by atoms with Gasteiger partial charge in [-0.3, -0.25) is 0 Å². The van der Waals surface area contributed by atoms with Gasteiger partial charge in [0.1, 0.15) is 0 Å². The first-order chi connectivity index (χ1) is 3.41. The predicted octanol–water partition coefficient (Wildman–Crippen LogP) is 2.03. The summed E-state index contributed by atoms with van der Waals surface area (Å²) in [5, 5.41) is 3.10. The van der Waals surface area contributed by atoms with E-state index in [4.69, 9.17) is 0 Å². The molecule has 0 saturated carbocycles. The molecule has 0 aliphatic rings. The first-order valence-electron chi connectivity index (χ1n) is 3.06. The van der Waals surface area contributed by atoms with Gasteiger partial charge < -0.3 is 5.32 Å². The van der Waals surface area contributed by atoms with Crippen molar-refractivity contribution in [2.24, 2.45) is 0 Å².